The molecule has 4 atom stereocenters. The van der Waals surface area contributed by atoms with Gasteiger partial charge in [-0.05, 0) is 0 Å². The third kappa shape index (κ3) is 3.74. The quantitative estimate of drug-likeness (QED) is 0.305. The standard InChI is InChI=1S/C6H12O6.Fe.K/c7-2-6(11)5(10)4(9)3(8)1-12-6;;/h3-5,7-11H,1-2H2;;/q;+3;+1/t3-,4-,5+,6+;;/m1../s1. The van der Waals surface area contributed by atoms with Crippen molar-refractivity contribution in [3.05, 3.63) is 0 Å². The maximum Gasteiger partial charge on any atom is 3.00 e. The first-order chi connectivity index (χ1) is 5.51. The van der Waals surface area contributed by atoms with Crippen LogP contribution in [0.25, 0.3) is 0 Å². The zero-order valence-electron chi connectivity index (χ0n) is 7.64. The molecule has 1 aliphatic rings. The van der Waals surface area contributed by atoms with Crippen molar-refractivity contribution in [2.24, 2.45) is 0 Å². The fourth-order valence-corrected chi connectivity index (χ4v) is 1.03. The third-order valence-electron chi connectivity index (χ3n) is 1.91. The van der Waals surface area contributed by atoms with Crippen LogP contribution in [0.1, 0.15) is 0 Å². The van der Waals surface area contributed by atoms with Crippen LogP contribution in [0, 0.1) is 0 Å². The van der Waals surface area contributed by atoms with Gasteiger partial charge in [0.25, 0.3) is 0 Å². The molecule has 5 N–H and O–H groups in total. The van der Waals surface area contributed by atoms with Gasteiger partial charge in [-0.25, -0.2) is 0 Å². The molecule has 1 radical (unpaired) electrons. The largest absolute Gasteiger partial charge is 3.00 e. The molecule has 0 aromatic carbocycles. The van der Waals surface area contributed by atoms with E-state index < -0.39 is 30.7 Å². The van der Waals surface area contributed by atoms with Crippen molar-refractivity contribution in [3.63, 3.8) is 0 Å². The average Bonchev–Trinajstić information content (AvgIpc) is 2.09. The van der Waals surface area contributed by atoms with Gasteiger partial charge in [-0.15, -0.1) is 0 Å². The summed E-state index contributed by atoms with van der Waals surface area (Å²) >= 11 is 0. The Hall–Kier alpha value is 1.92. The summed E-state index contributed by atoms with van der Waals surface area (Å²) in [5, 5.41) is 45.0. The Labute approximate surface area is 134 Å². The van der Waals surface area contributed by atoms with Gasteiger partial charge >= 0.3 is 68.5 Å². The van der Waals surface area contributed by atoms with E-state index in [0.29, 0.717) is 0 Å². The van der Waals surface area contributed by atoms with Crippen molar-refractivity contribution in [2.45, 2.75) is 24.1 Å². The van der Waals surface area contributed by atoms with Crippen LogP contribution in [-0.2, 0) is 21.8 Å². The van der Waals surface area contributed by atoms with Gasteiger partial charge in [0.1, 0.15) is 18.3 Å². The minimum atomic E-state index is -2.17. The molecule has 1 aliphatic heterocycles. The normalized spacial score (nSPS) is 42.2. The van der Waals surface area contributed by atoms with Crippen LogP contribution >= 0.6 is 0 Å². The van der Waals surface area contributed by atoms with E-state index in [9.17, 15) is 5.11 Å². The minimum absolute atomic E-state index is 0. The van der Waals surface area contributed by atoms with Crippen molar-refractivity contribution in [1.82, 2.24) is 0 Å². The molecule has 77 valence electrons. The Morgan fingerprint density at radius 3 is 2.21 bits per heavy atom. The predicted molar refractivity (Wildman–Crippen MR) is 36.0 cm³/mol. The second-order valence-corrected chi connectivity index (χ2v) is 2.82. The van der Waals surface area contributed by atoms with Crippen LogP contribution in [0.4, 0.5) is 0 Å². The van der Waals surface area contributed by atoms with Gasteiger partial charge in [0.2, 0.25) is 5.79 Å². The number of hydrogen-bond donors (Lipinski definition) is 5. The third-order valence-corrected chi connectivity index (χ3v) is 1.91. The Morgan fingerprint density at radius 1 is 1.29 bits per heavy atom. The summed E-state index contributed by atoms with van der Waals surface area (Å²) in [6.07, 6.45) is -4.45. The van der Waals surface area contributed by atoms with E-state index in [0.717, 1.165) is 0 Å². The fraction of sp³-hybridized carbons (Fsp3) is 1.00. The molecule has 14 heavy (non-hydrogen) atoms. The average molecular weight is 275 g/mol. The summed E-state index contributed by atoms with van der Waals surface area (Å²) in [6.45, 7) is -1.16. The Bertz CT molecular complexity index is 172. The van der Waals surface area contributed by atoms with E-state index in [4.69, 9.17) is 20.4 Å². The first-order valence-electron chi connectivity index (χ1n) is 3.52. The maximum absolute atomic E-state index is 9.24. The molecule has 0 unspecified atom stereocenters. The molecular weight excluding hydrogens is 263 g/mol. The number of hydrogen-bond acceptors (Lipinski definition) is 6. The van der Waals surface area contributed by atoms with Crippen LogP contribution < -0.4 is 51.4 Å². The molecule has 0 aliphatic carbocycles. The molecule has 1 saturated heterocycles. The topological polar surface area (TPSA) is 110 Å². The summed E-state index contributed by atoms with van der Waals surface area (Å²) in [6, 6.07) is 0. The van der Waals surface area contributed by atoms with E-state index in [-0.39, 0.29) is 75.1 Å². The van der Waals surface area contributed by atoms with Crippen LogP contribution in [0.15, 0.2) is 0 Å². The van der Waals surface area contributed by atoms with Crippen molar-refractivity contribution in [2.75, 3.05) is 13.2 Å². The van der Waals surface area contributed by atoms with Gasteiger partial charge in [0, 0.05) is 0 Å². The van der Waals surface area contributed by atoms with Gasteiger partial charge < -0.3 is 30.3 Å². The Kier molecular flexibility index (Phi) is 9.51. The molecule has 0 aromatic heterocycles. The zero-order valence-corrected chi connectivity index (χ0v) is 11.9. The van der Waals surface area contributed by atoms with Crippen molar-refractivity contribution < 1.29 is 98.7 Å². The smallest absolute Gasteiger partial charge is 0.391 e. The van der Waals surface area contributed by atoms with E-state index in [2.05, 4.69) is 4.74 Å². The molecule has 8 heteroatoms. The van der Waals surface area contributed by atoms with Crippen LogP contribution in [0.3, 0.4) is 0 Å². The van der Waals surface area contributed by atoms with Crippen LogP contribution in [0.2, 0.25) is 0 Å². The van der Waals surface area contributed by atoms with Crippen molar-refractivity contribution >= 4 is 0 Å². The Morgan fingerprint density at radius 2 is 1.79 bits per heavy atom. The number of aliphatic hydroxyl groups excluding tert-OH is 4. The van der Waals surface area contributed by atoms with Gasteiger partial charge in [0.15, 0.2) is 0 Å². The molecule has 1 heterocycles. The first kappa shape index (κ1) is 18.3. The minimum Gasteiger partial charge on any atom is -0.391 e. The van der Waals surface area contributed by atoms with Crippen molar-refractivity contribution in [1.29, 1.82) is 0 Å². The molecule has 1 rings (SSSR count). The molecule has 0 aromatic rings. The molecule has 6 nitrogen and oxygen atoms in total. The van der Waals surface area contributed by atoms with Crippen LogP contribution in [0.5, 0.6) is 0 Å². The number of aliphatic hydroxyl groups is 5. The summed E-state index contributed by atoms with van der Waals surface area (Å²) in [5.74, 6) is -2.17. The Balaban J connectivity index is 0. The second-order valence-electron chi connectivity index (χ2n) is 2.82. The SMILES string of the molecule is OC[C@]1(O)OC[C@@H](O)[C@@H](O)[C@@H]1O.[Fe+3].[K+]. The second kappa shape index (κ2) is 7.28. The van der Waals surface area contributed by atoms with Gasteiger partial charge in [-0.3, -0.25) is 0 Å². The first-order valence-corrected chi connectivity index (χ1v) is 3.52. The molecular formula is C6H12FeKO6+4. The number of ether oxygens (including phenoxy) is 1. The summed E-state index contributed by atoms with van der Waals surface area (Å²) in [5.41, 5.74) is 0. The molecule has 0 bridgehead atoms. The van der Waals surface area contributed by atoms with E-state index in [1.807, 2.05) is 0 Å². The summed E-state index contributed by atoms with van der Waals surface area (Å²) in [4.78, 5) is 0. The zero-order chi connectivity index (χ0) is 9.35. The number of rotatable bonds is 1. The van der Waals surface area contributed by atoms with E-state index in [1.54, 1.807) is 0 Å². The molecule has 1 fully saturated rings. The van der Waals surface area contributed by atoms with Gasteiger partial charge in [0.05, 0.1) is 13.2 Å². The summed E-state index contributed by atoms with van der Waals surface area (Å²) < 4.78 is 4.56. The molecule has 0 spiro atoms. The van der Waals surface area contributed by atoms with Gasteiger partial charge in [-0.2, -0.15) is 0 Å². The van der Waals surface area contributed by atoms with Crippen molar-refractivity contribution in [3.8, 4) is 0 Å². The van der Waals surface area contributed by atoms with Gasteiger partial charge in [-0.1, -0.05) is 0 Å². The summed E-state index contributed by atoms with van der Waals surface area (Å²) in [7, 11) is 0. The van der Waals surface area contributed by atoms with E-state index in [1.165, 1.54) is 0 Å². The predicted octanol–water partition coefficient (Wildman–Crippen LogP) is -6.22. The molecule has 0 saturated carbocycles. The maximum atomic E-state index is 9.24. The molecule has 0 amide bonds. The van der Waals surface area contributed by atoms with E-state index >= 15 is 0 Å². The monoisotopic (exact) mass is 275 g/mol. The fourth-order valence-electron chi connectivity index (χ4n) is 1.03. The van der Waals surface area contributed by atoms with Crippen LogP contribution in [-0.4, -0.2) is 62.8 Å².